The van der Waals surface area contributed by atoms with Crippen LogP contribution in [0.3, 0.4) is 0 Å². The number of carbonyl (C=O) groups excluding carboxylic acids is 1. The molecule has 31 heavy (non-hydrogen) atoms. The second-order valence-corrected chi connectivity index (χ2v) is 7.98. The minimum Gasteiger partial charge on any atom is -0.334 e. The van der Waals surface area contributed by atoms with Crippen LogP contribution >= 0.6 is 0 Å². The van der Waals surface area contributed by atoms with Crippen LogP contribution in [0.4, 0.5) is 5.69 Å². The number of hydrogen-bond acceptors (Lipinski definition) is 5. The fraction of sp³-hybridized carbons (Fsp3) is 0.250. The minimum atomic E-state index is -0.311. The van der Waals surface area contributed by atoms with E-state index in [1.165, 1.54) is 10.6 Å². The molecule has 0 spiro atoms. The summed E-state index contributed by atoms with van der Waals surface area (Å²) >= 11 is 0. The zero-order chi connectivity index (χ0) is 22.1. The molecular weight excluding hydrogens is 392 g/mol. The highest BCUT2D eigenvalue weighted by Gasteiger charge is 2.18. The Morgan fingerprint density at radius 2 is 1.90 bits per heavy atom. The summed E-state index contributed by atoms with van der Waals surface area (Å²) in [4.78, 5) is 30.2. The third-order valence-corrected chi connectivity index (χ3v) is 5.18. The van der Waals surface area contributed by atoms with Crippen molar-refractivity contribution < 1.29 is 9.32 Å². The number of para-hydroxylation sites is 1. The molecule has 0 aliphatic heterocycles. The van der Waals surface area contributed by atoms with Crippen molar-refractivity contribution in [2.45, 2.75) is 40.2 Å². The van der Waals surface area contributed by atoms with E-state index in [2.05, 4.69) is 15.5 Å². The van der Waals surface area contributed by atoms with Crippen molar-refractivity contribution in [3.8, 4) is 11.5 Å². The van der Waals surface area contributed by atoms with Crippen molar-refractivity contribution in [1.29, 1.82) is 0 Å². The summed E-state index contributed by atoms with van der Waals surface area (Å²) in [6.45, 7) is 7.74. The number of rotatable bonds is 5. The zero-order valence-electron chi connectivity index (χ0n) is 18.0. The Kier molecular flexibility index (Phi) is 5.42. The second-order valence-electron chi connectivity index (χ2n) is 7.98. The van der Waals surface area contributed by atoms with Crippen molar-refractivity contribution in [2.75, 3.05) is 5.32 Å². The molecule has 2 aromatic carbocycles. The smallest absolute Gasteiger partial charge is 0.258 e. The third kappa shape index (κ3) is 4.12. The molecular formula is C24H24N4O3. The van der Waals surface area contributed by atoms with Crippen LogP contribution in [0.5, 0.6) is 0 Å². The van der Waals surface area contributed by atoms with E-state index < -0.39 is 0 Å². The molecule has 0 radical (unpaired) electrons. The quantitative estimate of drug-likeness (QED) is 0.520. The first-order chi connectivity index (χ1) is 14.8. The van der Waals surface area contributed by atoms with Crippen molar-refractivity contribution in [3.05, 3.63) is 75.8 Å². The first kappa shape index (κ1) is 20.5. The number of fused-ring (bicyclic) bond motifs is 1. The first-order valence-electron chi connectivity index (χ1n) is 10.2. The molecule has 2 aromatic heterocycles. The van der Waals surface area contributed by atoms with Crippen molar-refractivity contribution in [2.24, 2.45) is 0 Å². The molecule has 0 saturated heterocycles. The van der Waals surface area contributed by atoms with E-state index in [9.17, 15) is 9.59 Å². The lowest BCUT2D eigenvalue weighted by molar-refractivity contribution is -0.116. The van der Waals surface area contributed by atoms with E-state index in [0.29, 0.717) is 22.8 Å². The highest BCUT2D eigenvalue weighted by Crippen LogP contribution is 2.27. The average molecular weight is 416 g/mol. The number of carbonyl (C=O) groups is 1. The molecule has 7 nitrogen and oxygen atoms in total. The van der Waals surface area contributed by atoms with E-state index in [-0.39, 0.29) is 23.9 Å². The highest BCUT2D eigenvalue weighted by atomic mass is 16.5. The normalized spacial score (nSPS) is 11.3. The lowest BCUT2D eigenvalue weighted by Crippen LogP contribution is -2.28. The van der Waals surface area contributed by atoms with Gasteiger partial charge in [-0.25, -0.2) is 0 Å². The van der Waals surface area contributed by atoms with Gasteiger partial charge in [0.25, 0.3) is 11.4 Å². The van der Waals surface area contributed by atoms with Gasteiger partial charge in [0, 0.05) is 23.1 Å². The molecule has 0 aliphatic rings. The number of benzene rings is 2. The Balaban J connectivity index is 1.72. The molecule has 0 unspecified atom stereocenters. The summed E-state index contributed by atoms with van der Waals surface area (Å²) in [7, 11) is 0. The molecule has 0 fully saturated rings. The lowest BCUT2D eigenvalue weighted by atomic mass is 10.1. The van der Waals surface area contributed by atoms with E-state index in [1.54, 1.807) is 0 Å². The van der Waals surface area contributed by atoms with Gasteiger partial charge in [0.15, 0.2) is 5.82 Å². The fourth-order valence-corrected chi connectivity index (χ4v) is 3.46. The number of aryl methyl sites for hydroxylation is 2. The Morgan fingerprint density at radius 1 is 1.13 bits per heavy atom. The Morgan fingerprint density at radius 3 is 2.65 bits per heavy atom. The fourth-order valence-electron chi connectivity index (χ4n) is 3.46. The van der Waals surface area contributed by atoms with Gasteiger partial charge in [-0.05, 0) is 37.1 Å². The predicted octanol–water partition coefficient (Wildman–Crippen LogP) is 4.43. The van der Waals surface area contributed by atoms with E-state index in [0.717, 1.165) is 22.2 Å². The second kappa shape index (κ2) is 8.18. The topological polar surface area (TPSA) is 90.0 Å². The van der Waals surface area contributed by atoms with Crippen LogP contribution in [0.25, 0.3) is 22.4 Å². The van der Waals surface area contributed by atoms with Crippen LogP contribution in [-0.4, -0.2) is 20.6 Å². The summed E-state index contributed by atoms with van der Waals surface area (Å²) in [6, 6.07) is 14.7. The average Bonchev–Trinajstić information content (AvgIpc) is 3.23. The zero-order valence-corrected chi connectivity index (χ0v) is 18.0. The van der Waals surface area contributed by atoms with Gasteiger partial charge < -0.3 is 9.84 Å². The summed E-state index contributed by atoms with van der Waals surface area (Å²) in [5.74, 6) is 0.714. The number of anilines is 1. The number of hydrogen-bond donors (Lipinski definition) is 1. The van der Waals surface area contributed by atoms with Crippen LogP contribution in [-0.2, 0) is 11.3 Å². The molecule has 1 amide bonds. The molecule has 7 heteroatoms. The Bertz CT molecular complexity index is 1330. The van der Waals surface area contributed by atoms with E-state index >= 15 is 0 Å². The molecule has 2 heterocycles. The van der Waals surface area contributed by atoms with Crippen LogP contribution in [0.2, 0.25) is 0 Å². The van der Waals surface area contributed by atoms with Gasteiger partial charge in [0.2, 0.25) is 5.91 Å². The van der Waals surface area contributed by atoms with E-state index in [1.807, 2.05) is 70.2 Å². The maximum Gasteiger partial charge on any atom is 0.258 e. The molecule has 0 saturated carbocycles. The number of amides is 1. The Hall–Kier alpha value is -3.74. The molecule has 0 aliphatic carbocycles. The van der Waals surface area contributed by atoms with Crippen molar-refractivity contribution in [3.63, 3.8) is 0 Å². The lowest BCUT2D eigenvalue weighted by Gasteiger charge is -2.13. The minimum absolute atomic E-state index is 0.103. The van der Waals surface area contributed by atoms with Gasteiger partial charge >= 0.3 is 0 Å². The number of nitrogens with one attached hydrogen (secondary N) is 1. The summed E-state index contributed by atoms with van der Waals surface area (Å²) in [6.07, 6.45) is 0. The predicted molar refractivity (Wildman–Crippen MR) is 120 cm³/mol. The summed E-state index contributed by atoms with van der Waals surface area (Å²) in [5, 5.41) is 7.68. The number of nitrogens with zero attached hydrogens (tertiary/aromatic N) is 3. The first-order valence-corrected chi connectivity index (χ1v) is 10.2. The van der Waals surface area contributed by atoms with Gasteiger partial charge in [-0.2, -0.15) is 4.98 Å². The van der Waals surface area contributed by atoms with Gasteiger partial charge in [0.05, 0.1) is 11.1 Å². The molecule has 1 N–H and O–H groups in total. The molecule has 158 valence electrons. The van der Waals surface area contributed by atoms with Gasteiger partial charge in [-0.3, -0.25) is 14.2 Å². The van der Waals surface area contributed by atoms with Gasteiger partial charge in [-0.15, -0.1) is 0 Å². The Labute approximate surface area is 179 Å². The standard InChI is InChI=1S/C24H24N4O3/c1-14(2)23-26-24(31-27-23)18-12-22(30)28(20-8-6-5-7-17(18)20)13-21(29)25-19-11-15(3)9-10-16(19)4/h5-12,14H,13H2,1-4H3,(H,25,29). The van der Waals surface area contributed by atoms with Crippen LogP contribution in [0, 0.1) is 13.8 Å². The van der Waals surface area contributed by atoms with E-state index in [4.69, 9.17) is 4.52 Å². The van der Waals surface area contributed by atoms with Crippen LogP contribution < -0.4 is 10.9 Å². The monoisotopic (exact) mass is 416 g/mol. The molecule has 4 aromatic rings. The van der Waals surface area contributed by atoms with Gasteiger partial charge in [0.1, 0.15) is 6.54 Å². The highest BCUT2D eigenvalue weighted by molar-refractivity contribution is 5.95. The molecule has 0 bridgehead atoms. The summed E-state index contributed by atoms with van der Waals surface area (Å²) < 4.78 is 6.87. The van der Waals surface area contributed by atoms with Crippen LogP contribution in [0.1, 0.15) is 36.7 Å². The summed E-state index contributed by atoms with van der Waals surface area (Å²) in [5.41, 5.74) is 3.63. The van der Waals surface area contributed by atoms with Crippen molar-refractivity contribution in [1.82, 2.24) is 14.7 Å². The molecule has 0 atom stereocenters. The number of pyridine rings is 1. The van der Waals surface area contributed by atoms with Gasteiger partial charge in [-0.1, -0.05) is 49.3 Å². The molecule has 4 rings (SSSR count). The largest absolute Gasteiger partial charge is 0.334 e. The third-order valence-electron chi connectivity index (χ3n) is 5.18. The maximum absolute atomic E-state index is 13.0. The van der Waals surface area contributed by atoms with Crippen molar-refractivity contribution >= 4 is 22.5 Å². The SMILES string of the molecule is Cc1ccc(C)c(NC(=O)Cn2c(=O)cc(-c3nc(C(C)C)no3)c3ccccc32)c1. The maximum atomic E-state index is 13.0. The number of aromatic nitrogens is 3. The van der Waals surface area contributed by atoms with Crippen LogP contribution in [0.15, 0.2) is 57.8 Å².